The molecule has 0 aliphatic heterocycles. The Morgan fingerprint density at radius 1 is 0.848 bits per heavy atom. The summed E-state index contributed by atoms with van der Waals surface area (Å²) in [5.74, 6) is 0.314. The molecule has 0 bridgehead atoms. The lowest BCUT2D eigenvalue weighted by Crippen LogP contribution is -2.41. The summed E-state index contributed by atoms with van der Waals surface area (Å²) in [7, 11) is -3.72. The first-order valence-corrected chi connectivity index (χ1v) is 12.3. The van der Waals surface area contributed by atoms with Gasteiger partial charge in [-0.05, 0) is 49.6 Å². The van der Waals surface area contributed by atoms with Crippen molar-refractivity contribution in [3.63, 3.8) is 0 Å². The van der Waals surface area contributed by atoms with Gasteiger partial charge in [0.2, 0.25) is 10.0 Å². The summed E-state index contributed by atoms with van der Waals surface area (Å²) in [5.41, 5.74) is 2.03. The van der Waals surface area contributed by atoms with Crippen LogP contribution in [0.1, 0.15) is 37.5 Å². The van der Waals surface area contributed by atoms with Gasteiger partial charge in [-0.3, -0.25) is 4.79 Å². The van der Waals surface area contributed by atoms with Crippen LogP contribution in [0.15, 0.2) is 83.8 Å². The molecule has 0 heterocycles. The average Bonchev–Trinajstić information content (AvgIpc) is 2.76. The van der Waals surface area contributed by atoms with Gasteiger partial charge >= 0.3 is 0 Å². The predicted octanol–water partition coefficient (Wildman–Crippen LogP) is 4.05. The number of hydrogen-bond acceptors (Lipinski definition) is 4. The van der Waals surface area contributed by atoms with Gasteiger partial charge in [-0.1, -0.05) is 66.7 Å². The van der Waals surface area contributed by atoms with Gasteiger partial charge in [-0.2, -0.15) is 0 Å². The number of sulfonamides is 1. The van der Waals surface area contributed by atoms with Crippen molar-refractivity contribution in [2.75, 3.05) is 6.61 Å². The second-order valence-corrected chi connectivity index (χ2v) is 10.4. The second-order valence-electron chi connectivity index (χ2n) is 8.80. The van der Waals surface area contributed by atoms with E-state index in [1.54, 1.807) is 39.0 Å². The van der Waals surface area contributed by atoms with Crippen LogP contribution in [0.2, 0.25) is 0 Å². The van der Waals surface area contributed by atoms with Gasteiger partial charge in [0.25, 0.3) is 5.91 Å². The van der Waals surface area contributed by atoms with E-state index in [1.165, 1.54) is 6.07 Å². The van der Waals surface area contributed by atoms with Crippen LogP contribution in [0.25, 0.3) is 0 Å². The maximum atomic E-state index is 12.8. The number of carbonyl (C=O) groups is 1. The van der Waals surface area contributed by atoms with Gasteiger partial charge in [0.15, 0.2) is 6.61 Å². The van der Waals surface area contributed by atoms with E-state index in [1.807, 2.05) is 54.6 Å². The van der Waals surface area contributed by atoms with E-state index >= 15 is 0 Å². The quantitative estimate of drug-likeness (QED) is 0.498. The van der Waals surface area contributed by atoms with Crippen molar-refractivity contribution in [2.24, 2.45) is 0 Å². The Morgan fingerprint density at radius 2 is 1.45 bits per heavy atom. The third kappa shape index (κ3) is 7.44. The molecular weight excluding hydrogens is 436 g/mol. The lowest BCUT2D eigenvalue weighted by atomic mass is 10.0. The van der Waals surface area contributed by atoms with Gasteiger partial charge in [0.05, 0.1) is 4.90 Å². The fourth-order valence-electron chi connectivity index (χ4n) is 3.36. The van der Waals surface area contributed by atoms with E-state index in [4.69, 9.17) is 4.74 Å². The van der Waals surface area contributed by atoms with Crippen LogP contribution in [0.4, 0.5) is 0 Å². The zero-order chi connectivity index (χ0) is 23.9. The summed E-state index contributed by atoms with van der Waals surface area (Å²) >= 11 is 0. The molecule has 33 heavy (non-hydrogen) atoms. The first-order valence-electron chi connectivity index (χ1n) is 10.8. The summed E-state index contributed by atoms with van der Waals surface area (Å²) in [4.78, 5) is 12.6. The van der Waals surface area contributed by atoms with Gasteiger partial charge in [-0.25, -0.2) is 13.1 Å². The average molecular weight is 467 g/mol. The third-order valence-electron chi connectivity index (χ3n) is 4.75. The van der Waals surface area contributed by atoms with E-state index in [0.29, 0.717) is 17.7 Å². The molecule has 0 aliphatic rings. The molecule has 6 nitrogen and oxygen atoms in total. The molecular formula is C26H30N2O4S. The minimum Gasteiger partial charge on any atom is -0.483 e. The molecule has 1 amide bonds. The van der Waals surface area contributed by atoms with Crippen molar-refractivity contribution < 1.29 is 17.9 Å². The van der Waals surface area contributed by atoms with Crippen LogP contribution in [0, 0.1) is 0 Å². The minimum atomic E-state index is -3.72. The van der Waals surface area contributed by atoms with E-state index in [9.17, 15) is 13.2 Å². The Balaban J connectivity index is 1.62. The molecule has 0 unspecified atom stereocenters. The van der Waals surface area contributed by atoms with Crippen LogP contribution in [0.3, 0.4) is 0 Å². The molecule has 0 aromatic heterocycles. The van der Waals surface area contributed by atoms with E-state index in [-0.39, 0.29) is 24.0 Å². The van der Waals surface area contributed by atoms with Gasteiger partial charge in [0, 0.05) is 18.5 Å². The van der Waals surface area contributed by atoms with Crippen molar-refractivity contribution in [3.05, 3.63) is 95.6 Å². The lowest BCUT2D eigenvalue weighted by molar-refractivity contribution is -0.123. The zero-order valence-corrected chi connectivity index (χ0v) is 20.0. The van der Waals surface area contributed by atoms with Crippen LogP contribution < -0.4 is 14.8 Å². The summed E-state index contributed by atoms with van der Waals surface area (Å²) < 4.78 is 34.0. The molecule has 0 aliphatic carbocycles. The van der Waals surface area contributed by atoms with Crippen molar-refractivity contribution >= 4 is 15.9 Å². The number of carbonyl (C=O) groups excluding carboxylic acids is 1. The largest absolute Gasteiger partial charge is 0.483 e. The monoisotopic (exact) mass is 466 g/mol. The van der Waals surface area contributed by atoms with E-state index in [2.05, 4.69) is 10.0 Å². The number of ether oxygens (including phenoxy) is 1. The van der Waals surface area contributed by atoms with Crippen molar-refractivity contribution in [1.29, 1.82) is 0 Å². The predicted molar refractivity (Wildman–Crippen MR) is 130 cm³/mol. The molecule has 3 rings (SSSR count). The fraction of sp³-hybridized carbons (Fsp3) is 0.269. The first-order chi connectivity index (χ1) is 15.6. The highest BCUT2D eigenvalue weighted by Crippen LogP contribution is 2.21. The Morgan fingerprint density at radius 3 is 2.15 bits per heavy atom. The number of nitrogens with one attached hydrogen (secondary N) is 2. The second kappa shape index (κ2) is 10.6. The SMILES string of the molecule is CC(C)(C)NS(=O)(=O)c1ccccc1CNC(=O)COc1ccccc1Cc1ccccc1. The van der Waals surface area contributed by atoms with Crippen molar-refractivity contribution in [3.8, 4) is 5.75 Å². The van der Waals surface area contributed by atoms with Gasteiger partial charge < -0.3 is 10.1 Å². The van der Waals surface area contributed by atoms with Gasteiger partial charge in [0.1, 0.15) is 5.75 Å². The maximum Gasteiger partial charge on any atom is 0.258 e. The molecule has 174 valence electrons. The number of amides is 1. The normalized spacial score (nSPS) is 11.7. The first kappa shape index (κ1) is 24.5. The van der Waals surface area contributed by atoms with Crippen LogP contribution in [-0.2, 0) is 27.8 Å². The number of benzene rings is 3. The van der Waals surface area contributed by atoms with Crippen LogP contribution >= 0.6 is 0 Å². The summed E-state index contributed by atoms with van der Waals surface area (Å²) in [6.07, 6.45) is 0.699. The zero-order valence-electron chi connectivity index (χ0n) is 19.2. The minimum absolute atomic E-state index is 0.0785. The van der Waals surface area contributed by atoms with Crippen LogP contribution in [-0.4, -0.2) is 26.5 Å². The fourth-order valence-corrected chi connectivity index (χ4v) is 5.02. The van der Waals surface area contributed by atoms with Gasteiger partial charge in [-0.15, -0.1) is 0 Å². The number of rotatable bonds is 9. The summed E-state index contributed by atoms with van der Waals surface area (Å²) in [6.45, 7) is 5.25. The Bertz CT molecular complexity index is 1190. The molecule has 3 aromatic rings. The Hall–Kier alpha value is -3.16. The summed E-state index contributed by atoms with van der Waals surface area (Å²) in [5, 5.41) is 2.76. The third-order valence-corrected chi connectivity index (χ3v) is 6.61. The highest BCUT2D eigenvalue weighted by Gasteiger charge is 2.24. The molecule has 2 N–H and O–H groups in total. The maximum absolute atomic E-state index is 12.8. The molecule has 0 fully saturated rings. The molecule has 3 aromatic carbocycles. The molecule has 0 radical (unpaired) electrons. The Labute approximate surface area is 196 Å². The number of hydrogen-bond donors (Lipinski definition) is 2. The lowest BCUT2D eigenvalue weighted by Gasteiger charge is -2.21. The van der Waals surface area contributed by atoms with E-state index in [0.717, 1.165) is 11.1 Å². The molecule has 7 heteroatoms. The number of para-hydroxylation sites is 1. The highest BCUT2D eigenvalue weighted by atomic mass is 32.2. The molecule has 0 atom stereocenters. The van der Waals surface area contributed by atoms with E-state index < -0.39 is 15.6 Å². The summed E-state index contributed by atoms with van der Waals surface area (Å²) in [6, 6.07) is 24.3. The topological polar surface area (TPSA) is 84.5 Å². The van der Waals surface area contributed by atoms with Crippen LogP contribution in [0.5, 0.6) is 5.75 Å². The molecule has 0 spiro atoms. The Kier molecular flexibility index (Phi) is 7.89. The standard InChI is InChI=1S/C26H30N2O4S/c1-26(2,3)28-33(30,31)24-16-10-8-14-22(24)18-27-25(29)19-32-23-15-9-7-13-21(23)17-20-11-5-4-6-12-20/h4-16,28H,17-19H2,1-3H3,(H,27,29). The van der Waals surface area contributed by atoms with Crippen molar-refractivity contribution in [1.82, 2.24) is 10.0 Å². The van der Waals surface area contributed by atoms with Crippen molar-refractivity contribution in [2.45, 2.75) is 44.2 Å². The molecule has 0 saturated heterocycles. The molecule has 0 saturated carbocycles. The highest BCUT2D eigenvalue weighted by molar-refractivity contribution is 7.89. The smallest absolute Gasteiger partial charge is 0.258 e.